The molecular formula is C11H5Cl3N4. The van der Waals surface area contributed by atoms with Crippen molar-refractivity contribution in [3.8, 4) is 11.4 Å². The molecule has 4 nitrogen and oxygen atoms in total. The van der Waals surface area contributed by atoms with Crippen LogP contribution < -0.4 is 0 Å². The summed E-state index contributed by atoms with van der Waals surface area (Å²) in [6.45, 7) is 0. The lowest BCUT2D eigenvalue weighted by atomic mass is 10.2. The fourth-order valence-corrected chi connectivity index (χ4v) is 2.43. The van der Waals surface area contributed by atoms with Crippen LogP contribution in [0.5, 0.6) is 0 Å². The molecule has 0 saturated carbocycles. The van der Waals surface area contributed by atoms with Gasteiger partial charge in [-0.05, 0) is 12.1 Å². The van der Waals surface area contributed by atoms with E-state index in [1.807, 2.05) is 0 Å². The summed E-state index contributed by atoms with van der Waals surface area (Å²) < 4.78 is 1.70. The topological polar surface area (TPSA) is 43.1 Å². The minimum Gasteiger partial charge on any atom is -0.278 e. The molecule has 0 saturated heterocycles. The molecule has 7 heteroatoms. The Labute approximate surface area is 117 Å². The van der Waals surface area contributed by atoms with Crippen molar-refractivity contribution in [3.05, 3.63) is 45.8 Å². The minimum atomic E-state index is 0.277. The first kappa shape index (κ1) is 11.7. The number of fused-ring (bicyclic) bond motifs is 1. The van der Waals surface area contributed by atoms with Gasteiger partial charge in [0.15, 0.2) is 16.6 Å². The molecule has 2 heterocycles. The maximum Gasteiger partial charge on any atom is 0.198 e. The standard InChI is InChI=1S/C11H5Cl3N4/c12-6-2-1-3-7(13)8(6)10-16-17-11-9(14)15-4-5-18(10)11/h1-5H. The number of hydrogen-bond acceptors (Lipinski definition) is 3. The van der Waals surface area contributed by atoms with Crippen LogP contribution in [-0.2, 0) is 0 Å². The highest BCUT2D eigenvalue weighted by molar-refractivity contribution is 6.39. The predicted molar refractivity (Wildman–Crippen MR) is 71.2 cm³/mol. The Morgan fingerprint density at radius 2 is 1.72 bits per heavy atom. The van der Waals surface area contributed by atoms with Crippen molar-refractivity contribution in [2.75, 3.05) is 0 Å². The molecule has 90 valence electrons. The van der Waals surface area contributed by atoms with E-state index in [9.17, 15) is 0 Å². The molecule has 1 aromatic carbocycles. The number of benzene rings is 1. The lowest BCUT2D eigenvalue weighted by Gasteiger charge is -2.04. The number of rotatable bonds is 1. The van der Waals surface area contributed by atoms with Crippen LogP contribution in [0.25, 0.3) is 17.0 Å². The fourth-order valence-electron chi connectivity index (χ4n) is 1.68. The lowest BCUT2D eigenvalue weighted by molar-refractivity contribution is 1.11. The van der Waals surface area contributed by atoms with Crippen LogP contribution in [0, 0.1) is 0 Å². The van der Waals surface area contributed by atoms with E-state index in [-0.39, 0.29) is 5.15 Å². The molecular weight excluding hydrogens is 295 g/mol. The molecule has 18 heavy (non-hydrogen) atoms. The third-order valence-electron chi connectivity index (χ3n) is 2.47. The van der Waals surface area contributed by atoms with Crippen LogP contribution in [0.2, 0.25) is 15.2 Å². The van der Waals surface area contributed by atoms with Gasteiger partial charge in [-0.1, -0.05) is 40.9 Å². The largest absolute Gasteiger partial charge is 0.278 e. The molecule has 0 aliphatic rings. The van der Waals surface area contributed by atoms with E-state index >= 15 is 0 Å². The van der Waals surface area contributed by atoms with Gasteiger partial charge >= 0.3 is 0 Å². The Kier molecular flexibility index (Phi) is 2.86. The van der Waals surface area contributed by atoms with E-state index in [1.165, 1.54) is 0 Å². The van der Waals surface area contributed by atoms with Gasteiger partial charge in [-0.3, -0.25) is 4.40 Å². The summed E-state index contributed by atoms with van der Waals surface area (Å²) in [6.07, 6.45) is 3.27. The summed E-state index contributed by atoms with van der Waals surface area (Å²) in [4.78, 5) is 3.94. The molecule has 0 unspecified atom stereocenters. The SMILES string of the molecule is Clc1cccc(Cl)c1-c1nnc2c(Cl)nccn12. The summed E-state index contributed by atoms with van der Waals surface area (Å²) in [5, 5.41) is 9.33. The predicted octanol–water partition coefficient (Wildman–Crippen LogP) is 3.75. The molecule has 0 aliphatic carbocycles. The van der Waals surface area contributed by atoms with Crippen molar-refractivity contribution in [3.63, 3.8) is 0 Å². The van der Waals surface area contributed by atoms with E-state index in [4.69, 9.17) is 34.8 Å². The Bertz CT molecular complexity index is 718. The summed E-state index contributed by atoms with van der Waals surface area (Å²) in [6, 6.07) is 5.26. The van der Waals surface area contributed by atoms with Gasteiger partial charge in [0, 0.05) is 12.4 Å². The van der Waals surface area contributed by atoms with Gasteiger partial charge < -0.3 is 0 Å². The van der Waals surface area contributed by atoms with Crippen molar-refractivity contribution < 1.29 is 0 Å². The smallest absolute Gasteiger partial charge is 0.198 e. The van der Waals surface area contributed by atoms with Crippen molar-refractivity contribution in [2.24, 2.45) is 0 Å². The molecule has 0 N–H and O–H groups in total. The highest BCUT2D eigenvalue weighted by Gasteiger charge is 2.16. The van der Waals surface area contributed by atoms with Crippen molar-refractivity contribution in [1.29, 1.82) is 0 Å². The number of hydrogen-bond donors (Lipinski definition) is 0. The first-order chi connectivity index (χ1) is 8.68. The second-order valence-corrected chi connectivity index (χ2v) is 4.70. The van der Waals surface area contributed by atoms with Crippen LogP contribution in [0.4, 0.5) is 0 Å². The van der Waals surface area contributed by atoms with Gasteiger partial charge in [-0.15, -0.1) is 10.2 Å². The van der Waals surface area contributed by atoms with E-state index in [0.717, 1.165) is 0 Å². The Morgan fingerprint density at radius 3 is 2.44 bits per heavy atom. The molecule has 0 amide bonds. The molecule has 3 rings (SSSR count). The highest BCUT2D eigenvalue weighted by Crippen LogP contribution is 2.33. The first-order valence-electron chi connectivity index (χ1n) is 4.98. The van der Waals surface area contributed by atoms with Crippen LogP contribution in [0.15, 0.2) is 30.6 Å². The number of nitrogens with zero attached hydrogens (tertiary/aromatic N) is 4. The van der Waals surface area contributed by atoms with Crippen LogP contribution >= 0.6 is 34.8 Å². The zero-order valence-corrected chi connectivity index (χ0v) is 11.1. The zero-order chi connectivity index (χ0) is 12.7. The quantitative estimate of drug-likeness (QED) is 0.687. The molecule has 0 fully saturated rings. The Balaban J connectivity index is 2.36. The first-order valence-corrected chi connectivity index (χ1v) is 6.11. The van der Waals surface area contributed by atoms with E-state index in [1.54, 1.807) is 35.0 Å². The van der Waals surface area contributed by atoms with Crippen molar-refractivity contribution >= 4 is 40.4 Å². The van der Waals surface area contributed by atoms with E-state index in [0.29, 0.717) is 27.1 Å². The Morgan fingerprint density at radius 1 is 1.00 bits per heavy atom. The second kappa shape index (κ2) is 4.39. The van der Waals surface area contributed by atoms with E-state index < -0.39 is 0 Å². The minimum absolute atomic E-state index is 0.277. The monoisotopic (exact) mass is 298 g/mol. The average Bonchev–Trinajstić information content (AvgIpc) is 2.75. The number of aromatic nitrogens is 4. The molecule has 0 aliphatic heterocycles. The average molecular weight is 300 g/mol. The molecule has 3 aromatic rings. The van der Waals surface area contributed by atoms with Crippen molar-refractivity contribution in [1.82, 2.24) is 19.6 Å². The van der Waals surface area contributed by atoms with Gasteiger partial charge in [0.25, 0.3) is 0 Å². The van der Waals surface area contributed by atoms with Gasteiger partial charge in [0.2, 0.25) is 0 Å². The van der Waals surface area contributed by atoms with E-state index in [2.05, 4.69) is 15.2 Å². The van der Waals surface area contributed by atoms with Crippen LogP contribution in [-0.4, -0.2) is 19.6 Å². The lowest BCUT2D eigenvalue weighted by Crippen LogP contribution is -1.92. The van der Waals surface area contributed by atoms with Gasteiger partial charge in [-0.2, -0.15) is 0 Å². The molecule has 2 aromatic heterocycles. The highest BCUT2D eigenvalue weighted by atomic mass is 35.5. The molecule has 0 spiro atoms. The summed E-state index contributed by atoms with van der Waals surface area (Å²) in [5.41, 5.74) is 1.08. The molecule has 0 bridgehead atoms. The third kappa shape index (κ3) is 1.73. The summed E-state index contributed by atoms with van der Waals surface area (Å²) in [5.74, 6) is 0.532. The molecule has 0 atom stereocenters. The van der Waals surface area contributed by atoms with Crippen molar-refractivity contribution in [2.45, 2.75) is 0 Å². The van der Waals surface area contributed by atoms with Gasteiger partial charge in [0.05, 0.1) is 15.6 Å². The maximum absolute atomic E-state index is 6.15. The summed E-state index contributed by atoms with van der Waals surface area (Å²) in [7, 11) is 0. The fraction of sp³-hybridized carbons (Fsp3) is 0. The third-order valence-corrected chi connectivity index (χ3v) is 3.37. The maximum atomic E-state index is 6.15. The van der Waals surface area contributed by atoms with Crippen LogP contribution in [0.3, 0.4) is 0 Å². The number of halogens is 3. The normalized spacial score (nSPS) is 11.1. The van der Waals surface area contributed by atoms with Gasteiger partial charge in [0.1, 0.15) is 0 Å². The second-order valence-electron chi connectivity index (χ2n) is 3.53. The van der Waals surface area contributed by atoms with Gasteiger partial charge in [-0.25, -0.2) is 4.98 Å². The summed E-state index contributed by atoms with van der Waals surface area (Å²) >= 11 is 18.2. The van der Waals surface area contributed by atoms with Crippen LogP contribution in [0.1, 0.15) is 0 Å². The Hall–Kier alpha value is -1.36. The zero-order valence-electron chi connectivity index (χ0n) is 8.81. The molecule has 0 radical (unpaired) electrons.